The van der Waals surface area contributed by atoms with Crippen LogP contribution in [0.2, 0.25) is 0 Å². The molecule has 0 radical (unpaired) electrons. The molecule has 3 heteroatoms. The fraction of sp³-hybridized carbons (Fsp3) is 0.583. The van der Waals surface area contributed by atoms with Gasteiger partial charge in [0.05, 0.1) is 18.2 Å². The largest absolute Gasteiger partial charge is 0.478 e. The molecule has 0 spiro atoms. The Hall–Kier alpha value is -0.760. The molecule has 1 heterocycles. The van der Waals surface area contributed by atoms with Crippen molar-refractivity contribution in [3.8, 4) is 5.88 Å². The number of nitrogens with zero attached hydrogens (tertiary/aromatic N) is 1. The highest BCUT2D eigenvalue weighted by molar-refractivity contribution is 6.16. The number of aromatic nitrogens is 1. The molecule has 0 amide bonds. The standard InChI is InChI=1S/C12H18ClNO/c1-12(2,3)7-8-15-11-6-4-5-10(9-13)14-11/h4-6H,7-9H2,1-3H3. The summed E-state index contributed by atoms with van der Waals surface area (Å²) >= 11 is 5.69. The maximum Gasteiger partial charge on any atom is 0.213 e. The highest BCUT2D eigenvalue weighted by atomic mass is 35.5. The van der Waals surface area contributed by atoms with Gasteiger partial charge in [0.25, 0.3) is 0 Å². The molecule has 84 valence electrons. The van der Waals surface area contributed by atoms with Crippen LogP contribution in [0, 0.1) is 5.41 Å². The van der Waals surface area contributed by atoms with Crippen molar-refractivity contribution in [1.82, 2.24) is 4.98 Å². The minimum absolute atomic E-state index is 0.296. The molecule has 0 unspecified atom stereocenters. The van der Waals surface area contributed by atoms with Crippen molar-refractivity contribution in [1.29, 1.82) is 0 Å². The first-order valence-electron chi connectivity index (χ1n) is 5.16. The average Bonchev–Trinajstić information content (AvgIpc) is 2.16. The van der Waals surface area contributed by atoms with Crippen molar-refractivity contribution in [3.05, 3.63) is 23.9 Å². The topological polar surface area (TPSA) is 22.1 Å². The van der Waals surface area contributed by atoms with Gasteiger partial charge in [-0.1, -0.05) is 26.8 Å². The van der Waals surface area contributed by atoms with E-state index in [9.17, 15) is 0 Å². The fourth-order valence-electron chi connectivity index (χ4n) is 1.07. The number of halogens is 1. The van der Waals surface area contributed by atoms with Gasteiger partial charge in [0.1, 0.15) is 0 Å². The van der Waals surface area contributed by atoms with E-state index in [1.165, 1.54) is 0 Å². The lowest BCUT2D eigenvalue weighted by atomic mass is 9.93. The Bertz CT molecular complexity index is 307. The van der Waals surface area contributed by atoms with Crippen molar-refractivity contribution in [2.75, 3.05) is 6.61 Å². The van der Waals surface area contributed by atoms with Crippen molar-refractivity contribution in [2.24, 2.45) is 5.41 Å². The van der Waals surface area contributed by atoms with Crippen LogP contribution in [0.15, 0.2) is 18.2 Å². The predicted molar refractivity (Wildman–Crippen MR) is 63.4 cm³/mol. The fourth-order valence-corrected chi connectivity index (χ4v) is 1.22. The van der Waals surface area contributed by atoms with E-state index in [1.54, 1.807) is 0 Å². The summed E-state index contributed by atoms with van der Waals surface area (Å²) in [6.07, 6.45) is 1.01. The maximum absolute atomic E-state index is 5.69. The molecule has 0 saturated carbocycles. The molecule has 1 aromatic heterocycles. The zero-order valence-corrected chi connectivity index (χ0v) is 10.3. The number of hydrogen-bond donors (Lipinski definition) is 0. The Kier molecular flexibility index (Phi) is 4.40. The quantitative estimate of drug-likeness (QED) is 0.733. The third-order valence-electron chi connectivity index (χ3n) is 2.02. The van der Waals surface area contributed by atoms with Gasteiger partial charge in [-0.25, -0.2) is 4.98 Å². The lowest BCUT2D eigenvalue weighted by Crippen LogP contribution is -2.11. The molecular formula is C12H18ClNO. The second kappa shape index (κ2) is 5.36. The maximum atomic E-state index is 5.69. The van der Waals surface area contributed by atoms with Crippen LogP contribution in [0.3, 0.4) is 0 Å². The van der Waals surface area contributed by atoms with Crippen LogP contribution in [0.1, 0.15) is 32.9 Å². The van der Waals surface area contributed by atoms with E-state index in [0.717, 1.165) is 12.1 Å². The number of alkyl halides is 1. The molecule has 1 aromatic rings. The second-order valence-electron chi connectivity index (χ2n) is 4.76. The molecule has 0 bridgehead atoms. The number of hydrogen-bond acceptors (Lipinski definition) is 2. The average molecular weight is 228 g/mol. The third kappa shape index (κ3) is 5.03. The summed E-state index contributed by atoms with van der Waals surface area (Å²) in [7, 11) is 0. The van der Waals surface area contributed by atoms with Crippen molar-refractivity contribution < 1.29 is 4.74 Å². The summed E-state index contributed by atoms with van der Waals surface area (Å²) in [6, 6.07) is 5.67. The molecule has 2 nitrogen and oxygen atoms in total. The zero-order chi connectivity index (χ0) is 11.3. The van der Waals surface area contributed by atoms with E-state index in [-0.39, 0.29) is 0 Å². The highest BCUT2D eigenvalue weighted by Gasteiger charge is 2.10. The molecule has 0 aliphatic carbocycles. The summed E-state index contributed by atoms with van der Waals surface area (Å²) in [5.74, 6) is 1.09. The van der Waals surface area contributed by atoms with E-state index < -0.39 is 0 Å². The lowest BCUT2D eigenvalue weighted by Gasteiger charge is -2.17. The summed E-state index contributed by atoms with van der Waals surface area (Å²) in [5.41, 5.74) is 1.15. The van der Waals surface area contributed by atoms with Gasteiger partial charge in [-0.15, -0.1) is 11.6 Å². The third-order valence-corrected chi connectivity index (χ3v) is 2.29. The van der Waals surface area contributed by atoms with E-state index in [4.69, 9.17) is 16.3 Å². The number of rotatable bonds is 4. The molecular weight excluding hydrogens is 210 g/mol. The summed E-state index contributed by atoms with van der Waals surface area (Å²) in [5, 5.41) is 0. The van der Waals surface area contributed by atoms with E-state index in [1.807, 2.05) is 18.2 Å². The minimum atomic E-state index is 0.296. The smallest absolute Gasteiger partial charge is 0.213 e. The normalized spacial score (nSPS) is 11.5. The van der Waals surface area contributed by atoms with Crippen LogP contribution in [0.25, 0.3) is 0 Å². The van der Waals surface area contributed by atoms with Crippen molar-refractivity contribution >= 4 is 11.6 Å². The van der Waals surface area contributed by atoms with Gasteiger partial charge in [-0.05, 0) is 17.9 Å². The lowest BCUT2D eigenvalue weighted by molar-refractivity contribution is 0.236. The highest BCUT2D eigenvalue weighted by Crippen LogP contribution is 2.19. The number of ether oxygens (including phenoxy) is 1. The van der Waals surface area contributed by atoms with Gasteiger partial charge in [0, 0.05) is 6.07 Å². The summed E-state index contributed by atoms with van der Waals surface area (Å²) < 4.78 is 5.55. The van der Waals surface area contributed by atoms with Crippen LogP contribution >= 0.6 is 11.6 Å². The van der Waals surface area contributed by atoms with Crippen LogP contribution < -0.4 is 4.74 Å². The zero-order valence-electron chi connectivity index (χ0n) is 9.59. The predicted octanol–water partition coefficient (Wildman–Crippen LogP) is 3.64. The van der Waals surface area contributed by atoms with Crippen LogP contribution in [-0.4, -0.2) is 11.6 Å². The molecule has 0 saturated heterocycles. The Morgan fingerprint density at radius 3 is 2.67 bits per heavy atom. The van der Waals surface area contributed by atoms with Gasteiger partial charge in [-0.2, -0.15) is 0 Å². The van der Waals surface area contributed by atoms with Crippen molar-refractivity contribution in [2.45, 2.75) is 33.1 Å². The van der Waals surface area contributed by atoms with Gasteiger partial charge in [0.2, 0.25) is 5.88 Å². The molecule has 15 heavy (non-hydrogen) atoms. The van der Waals surface area contributed by atoms with E-state index in [2.05, 4.69) is 25.8 Å². The Morgan fingerprint density at radius 1 is 1.33 bits per heavy atom. The SMILES string of the molecule is CC(C)(C)CCOc1cccc(CCl)n1. The monoisotopic (exact) mass is 227 g/mol. The molecule has 1 rings (SSSR count). The Balaban J connectivity index is 2.44. The molecule has 0 N–H and O–H groups in total. The van der Waals surface area contributed by atoms with Gasteiger partial charge in [0.15, 0.2) is 0 Å². The van der Waals surface area contributed by atoms with Crippen LogP contribution in [0.5, 0.6) is 5.88 Å². The van der Waals surface area contributed by atoms with Crippen LogP contribution in [0.4, 0.5) is 0 Å². The first-order chi connectivity index (χ1) is 7.01. The minimum Gasteiger partial charge on any atom is -0.478 e. The molecule has 0 atom stereocenters. The van der Waals surface area contributed by atoms with Gasteiger partial charge in [-0.3, -0.25) is 0 Å². The Morgan fingerprint density at radius 2 is 2.07 bits per heavy atom. The summed E-state index contributed by atoms with van der Waals surface area (Å²) in [6.45, 7) is 7.28. The molecule has 0 aliphatic heterocycles. The van der Waals surface area contributed by atoms with E-state index in [0.29, 0.717) is 23.8 Å². The molecule has 0 fully saturated rings. The second-order valence-corrected chi connectivity index (χ2v) is 5.03. The summed E-state index contributed by atoms with van der Waals surface area (Å²) in [4.78, 5) is 4.26. The first-order valence-corrected chi connectivity index (χ1v) is 5.69. The van der Waals surface area contributed by atoms with E-state index >= 15 is 0 Å². The molecule has 0 aromatic carbocycles. The first kappa shape index (κ1) is 12.3. The van der Waals surface area contributed by atoms with Crippen LogP contribution in [-0.2, 0) is 5.88 Å². The van der Waals surface area contributed by atoms with Gasteiger partial charge >= 0.3 is 0 Å². The Labute approximate surface area is 96.6 Å². The molecule has 0 aliphatic rings. The van der Waals surface area contributed by atoms with Crippen molar-refractivity contribution in [3.63, 3.8) is 0 Å². The number of pyridine rings is 1. The van der Waals surface area contributed by atoms with Gasteiger partial charge < -0.3 is 4.74 Å².